The Morgan fingerprint density at radius 2 is 1.93 bits per heavy atom. The maximum absolute atomic E-state index is 12.4. The molecule has 0 saturated heterocycles. The molecule has 3 aromatic rings. The number of aliphatic imine (C=N–C) groups is 1. The van der Waals surface area contributed by atoms with Crippen molar-refractivity contribution in [2.75, 3.05) is 0 Å². The number of hydrogen-bond acceptors (Lipinski definition) is 5. The SMILES string of the molecule is N#Cc1cc(C2=NCc3cc4c(cc32)CC(Cc2ccccc2)OC(=O)C4)ccn1. The first-order valence-electron chi connectivity index (χ1n) is 9.99. The summed E-state index contributed by atoms with van der Waals surface area (Å²) in [5.74, 6) is -0.179. The summed E-state index contributed by atoms with van der Waals surface area (Å²) in [6.07, 6.45) is 3.11. The van der Waals surface area contributed by atoms with Crippen molar-refractivity contribution in [2.45, 2.75) is 31.9 Å². The quantitative estimate of drug-likeness (QED) is 0.638. The van der Waals surface area contributed by atoms with Crippen molar-refractivity contribution in [3.05, 3.63) is 99.9 Å². The first-order valence-corrected chi connectivity index (χ1v) is 9.99. The number of benzene rings is 2. The standard InChI is InChI=1S/C25H19N3O2/c26-14-21-10-17(6-7-27-21)25-23-12-19-11-22(8-16-4-2-1-3-5-16)30-24(29)13-18(19)9-20(23)15-28-25/h1-7,9-10,12,22H,8,11,13,15H2. The minimum absolute atomic E-state index is 0.179. The number of hydrogen-bond donors (Lipinski definition) is 0. The molecule has 2 aliphatic heterocycles. The lowest BCUT2D eigenvalue weighted by atomic mass is 9.91. The van der Waals surface area contributed by atoms with Gasteiger partial charge in [-0.2, -0.15) is 5.26 Å². The van der Waals surface area contributed by atoms with E-state index in [0.29, 0.717) is 25.1 Å². The monoisotopic (exact) mass is 393 g/mol. The Balaban J connectivity index is 1.49. The number of nitriles is 1. The maximum atomic E-state index is 12.4. The number of aromatic nitrogens is 1. The fourth-order valence-corrected chi connectivity index (χ4v) is 4.24. The smallest absolute Gasteiger partial charge is 0.310 e. The van der Waals surface area contributed by atoms with E-state index in [4.69, 9.17) is 15.0 Å². The van der Waals surface area contributed by atoms with Gasteiger partial charge in [0.25, 0.3) is 0 Å². The maximum Gasteiger partial charge on any atom is 0.310 e. The van der Waals surface area contributed by atoms with E-state index in [9.17, 15) is 4.79 Å². The first kappa shape index (κ1) is 18.3. The summed E-state index contributed by atoms with van der Waals surface area (Å²) in [5.41, 5.74) is 7.63. The van der Waals surface area contributed by atoms with Crippen LogP contribution in [0.1, 0.15) is 39.1 Å². The third kappa shape index (κ3) is 3.48. The van der Waals surface area contributed by atoms with E-state index in [1.54, 1.807) is 12.3 Å². The molecule has 0 radical (unpaired) electrons. The molecular formula is C25H19N3O2. The zero-order chi connectivity index (χ0) is 20.5. The van der Waals surface area contributed by atoms with E-state index in [1.165, 1.54) is 0 Å². The number of fused-ring (bicyclic) bond motifs is 2. The highest BCUT2D eigenvalue weighted by Gasteiger charge is 2.27. The summed E-state index contributed by atoms with van der Waals surface area (Å²) in [7, 11) is 0. The Morgan fingerprint density at radius 1 is 1.07 bits per heavy atom. The van der Waals surface area contributed by atoms with Crippen LogP contribution in [0.4, 0.5) is 0 Å². The van der Waals surface area contributed by atoms with Crippen molar-refractivity contribution >= 4 is 11.7 Å². The van der Waals surface area contributed by atoms with Crippen molar-refractivity contribution in [1.29, 1.82) is 5.26 Å². The van der Waals surface area contributed by atoms with Crippen LogP contribution in [0.25, 0.3) is 0 Å². The fourth-order valence-electron chi connectivity index (χ4n) is 4.24. The first-order chi connectivity index (χ1) is 14.7. The average Bonchev–Trinajstić information content (AvgIpc) is 3.10. The van der Waals surface area contributed by atoms with Gasteiger partial charge in [-0.15, -0.1) is 0 Å². The van der Waals surface area contributed by atoms with Gasteiger partial charge >= 0.3 is 5.97 Å². The van der Waals surface area contributed by atoms with Crippen LogP contribution in [0.3, 0.4) is 0 Å². The average molecular weight is 393 g/mol. The molecule has 0 amide bonds. The fraction of sp³-hybridized carbons (Fsp3) is 0.200. The molecule has 0 saturated carbocycles. The Kier molecular flexibility index (Phi) is 4.61. The number of pyridine rings is 1. The predicted octanol–water partition coefficient (Wildman–Crippen LogP) is 3.56. The van der Waals surface area contributed by atoms with Gasteiger partial charge in [-0.05, 0) is 40.5 Å². The highest BCUT2D eigenvalue weighted by Crippen LogP contribution is 2.30. The zero-order valence-corrected chi connectivity index (χ0v) is 16.3. The van der Waals surface area contributed by atoms with Gasteiger partial charge in [0.05, 0.1) is 18.7 Å². The summed E-state index contributed by atoms with van der Waals surface area (Å²) in [5, 5.41) is 9.17. The van der Waals surface area contributed by atoms with Crippen molar-refractivity contribution in [2.24, 2.45) is 4.99 Å². The van der Waals surface area contributed by atoms with Crippen LogP contribution in [0.2, 0.25) is 0 Å². The minimum Gasteiger partial charge on any atom is -0.461 e. The highest BCUT2D eigenvalue weighted by atomic mass is 16.5. The van der Waals surface area contributed by atoms with Crippen LogP contribution in [0, 0.1) is 11.3 Å². The van der Waals surface area contributed by atoms with Crippen molar-refractivity contribution in [1.82, 2.24) is 4.98 Å². The number of ether oxygens (including phenoxy) is 1. The predicted molar refractivity (Wildman–Crippen MR) is 112 cm³/mol. The third-order valence-corrected chi connectivity index (χ3v) is 5.62. The lowest BCUT2D eigenvalue weighted by Gasteiger charge is -2.16. The molecule has 0 bridgehead atoms. The van der Waals surface area contributed by atoms with Gasteiger partial charge < -0.3 is 4.74 Å². The van der Waals surface area contributed by atoms with Gasteiger partial charge in [-0.3, -0.25) is 9.79 Å². The Bertz CT molecular complexity index is 1210. The summed E-state index contributed by atoms with van der Waals surface area (Å²) in [6, 6.07) is 20.1. The molecule has 146 valence electrons. The molecule has 1 aromatic heterocycles. The van der Waals surface area contributed by atoms with E-state index in [0.717, 1.165) is 39.1 Å². The minimum atomic E-state index is -0.188. The van der Waals surface area contributed by atoms with Crippen LogP contribution < -0.4 is 0 Å². The molecule has 30 heavy (non-hydrogen) atoms. The van der Waals surface area contributed by atoms with Crippen molar-refractivity contribution in [3.63, 3.8) is 0 Å². The van der Waals surface area contributed by atoms with E-state index in [-0.39, 0.29) is 18.5 Å². The van der Waals surface area contributed by atoms with Crippen LogP contribution in [0.15, 0.2) is 65.8 Å². The van der Waals surface area contributed by atoms with E-state index in [1.807, 2.05) is 24.3 Å². The highest BCUT2D eigenvalue weighted by molar-refractivity contribution is 6.15. The second-order valence-corrected chi connectivity index (χ2v) is 7.67. The Hall–Kier alpha value is -3.78. The van der Waals surface area contributed by atoms with Gasteiger partial charge in [0.1, 0.15) is 17.9 Å². The van der Waals surface area contributed by atoms with E-state index >= 15 is 0 Å². The molecule has 2 aromatic carbocycles. The normalized spacial score (nSPS) is 17.2. The molecule has 1 unspecified atom stereocenters. The van der Waals surface area contributed by atoms with Gasteiger partial charge in [0.15, 0.2) is 0 Å². The Morgan fingerprint density at radius 3 is 2.77 bits per heavy atom. The molecule has 1 atom stereocenters. The number of carbonyl (C=O) groups excluding carboxylic acids is 1. The second-order valence-electron chi connectivity index (χ2n) is 7.67. The number of esters is 1. The molecule has 3 heterocycles. The number of cyclic esters (lactones) is 1. The lowest BCUT2D eigenvalue weighted by Crippen LogP contribution is -2.21. The summed E-state index contributed by atoms with van der Waals surface area (Å²) in [4.78, 5) is 21.2. The van der Waals surface area contributed by atoms with Gasteiger partial charge in [-0.1, -0.05) is 36.4 Å². The van der Waals surface area contributed by atoms with E-state index < -0.39 is 0 Å². The zero-order valence-electron chi connectivity index (χ0n) is 16.3. The van der Waals surface area contributed by atoms with Crippen LogP contribution in [-0.4, -0.2) is 22.8 Å². The summed E-state index contributed by atoms with van der Waals surface area (Å²) >= 11 is 0. The van der Waals surface area contributed by atoms with Gasteiger partial charge in [0, 0.05) is 30.2 Å². The number of nitrogens with zero attached hydrogens (tertiary/aromatic N) is 3. The Labute approximate surface area is 174 Å². The molecular weight excluding hydrogens is 374 g/mol. The van der Waals surface area contributed by atoms with Crippen molar-refractivity contribution in [3.8, 4) is 6.07 Å². The molecule has 5 nitrogen and oxygen atoms in total. The van der Waals surface area contributed by atoms with Crippen LogP contribution in [0.5, 0.6) is 0 Å². The molecule has 0 spiro atoms. The van der Waals surface area contributed by atoms with Crippen LogP contribution >= 0.6 is 0 Å². The largest absolute Gasteiger partial charge is 0.461 e. The number of carbonyl (C=O) groups is 1. The topological polar surface area (TPSA) is 75.3 Å². The number of rotatable bonds is 3. The van der Waals surface area contributed by atoms with Gasteiger partial charge in [0.2, 0.25) is 0 Å². The molecule has 0 N–H and O–H groups in total. The van der Waals surface area contributed by atoms with E-state index in [2.05, 4.69) is 35.3 Å². The molecule has 0 aliphatic carbocycles. The van der Waals surface area contributed by atoms with Gasteiger partial charge in [-0.25, -0.2) is 4.98 Å². The summed E-state index contributed by atoms with van der Waals surface area (Å²) in [6.45, 7) is 0.574. The molecule has 2 aliphatic rings. The lowest BCUT2D eigenvalue weighted by molar-refractivity contribution is -0.147. The van der Waals surface area contributed by atoms with Crippen LogP contribution in [-0.2, 0) is 35.3 Å². The molecule has 5 heteroatoms. The molecule has 5 rings (SSSR count). The summed E-state index contributed by atoms with van der Waals surface area (Å²) < 4.78 is 5.76. The molecule has 0 fully saturated rings. The second kappa shape index (κ2) is 7.57. The van der Waals surface area contributed by atoms with Crippen molar-refractivity contribution < 1.29 is 9.53 Å². The third-order valence-electron chi connectivity index (χ3n) is 5.62.